The van der Waals surface area contributed by atoms with E-state index in [0.29, 0.717) is 32.0 Å². The van der Waals surface area contributed by atoms with Gasteiger partial charge in [-0.05, 0) is 37.8 Å². The van der Waals surface area contributed by atoms with E-state index < -0.39 is 0 Å². The van der Waals surface area contributed by atoms with Crippen molar-refractivity contribution in [2.24, 2.45) is 5.92 Å². The molecule has 2 aliphatic rings. The molecule has 0 aromatic carbocycles. The van der Waals surface area contributed by atoms with Gasteiger partial charge in [0.25, 0.3) is 0 Å². The Morgan fingerprint density at radius 3 is 3.00 bits per heavy atom. The van der Waals surface area contributed by atoms with E-state index >= 15 is 0 Å². The predicted octanol–water partition coefficient (Wildman–Crippen LogP) is 1.89. The van der Waals surface area contributed by atoms with Gasteiger partial charge in [0.15, 0.2) is 0 Å². The zero-order chi connectivity index (χ0) is 18.4. The summed E-state index contributed by atoms with van der Waals surface area (Å²) in [6.45, 7) is 5.30. The normalized spacial score (nSPS) is 23.0. The Balaban J connectivity index is 1.55. The van der Waals surface area contributed by atoms with Gasteiger partial charge in [0, 0.05) is 57.0 Å². The van der Waals surface area contributed by atoms with Crippen LogP contribution in [0.3, 0.4) is 0 Å². The average Bonchev–Trinajstić information content (AvgIpc) is 2.67. The van der Waals surface area contributed by atoms with Crippen molar-refractivity contribution in [2.45, 2.75) is 45.1 Å². The van der Waals surface area contributed by atoms with E-state index in [1.54, 1.807) is 6.20 Å². The summed E-state index contributed by atoms with van der Waals surface area (Å²) in [5.74, 6) is 0.813. The van der Waals surface area contributed by atoms with Gasteiger partial charge in [-0.1, -0.05) is 6.07 Å². The van der Waals surface area contributed by atoms with Crippen LogP contribution < -0.4 is 0 Å². The maximum absolute atomic E-state index is 12.5. The van der Waals surface area contributed by atoms with E-state index in [-0.39, 0.29) is 17.9 Å². The number of hydrogen-bond acceptors (Lipinski definition) is 4. The minimum atomic E-state index is 0.175. The van der Waals surface area contributed by atoms with Crippen molar-refractivity contribution in [3.8, 4) is 0 Å². The van der Waals surface area contributed by atoms with Gasteiger partial charge in [-0.15, -0.1) is 0 Å². The lowest BCUT2D eigenvalue weighted by Gasteiger charge is -2.47. The molecule has 0 aliphatic carbocycles. The molecule has 6 nitrogen and oxygen atoms in total. The van der Waals surface area contributed by atoms with Gasteiger partial charge in [0.05, 0.1) is 13.0 Å². The quantitative estimate of drug-likeness (QED) is 0.698. The van der Waals surface area contributed by atoms with Gasteiger partial charge in [-0.3, -0.25) is 14.6 Å². The van der Waals surface area contributed by atoms with Crippen LogP contribution in [-0.2, 0) is 20.7 Å². The second-order valence-corrected chi connectivity index (χ2v) is 7.10. The number of aromatic nitrogens is 1. The van der Waals surface area contributed by atoms with Gasteiger partial charge in [0.2, 0.25) is 11.8 Å². The highest BCUT2D eigenvalue weighted by molar-refractivity contribution is 5.78. The lowest BCUT2D eigenvalue weighted by molar-refractivity contribution is -0.144. The van der Waals surface area contributed by atoms with Gasteiger partial charge in [-0.25, -0.2) is 0 Å². The first-order valence-corrected chi connectivity index (χ1v) is 9.74. The molecule has 0 bridgehead atoms. The number of amides is 2. The molecule has 3 rings (SSSR count). The molecule has 1 aromatic heterocycles. The van der Waals surface area contributed by atoms with Crippen LogP contribution in [0.15, 0.2) is 24.4 Å². The maximum atomic E-state index is 12.5. The Kier molecular flexibility index (Phi) is 6.61. The zero-order valence-electron chi connectivity index (χ0n) is 15.6. The van der Waals surface area contributed by atoms with Crippen molar-refractivity contribution in [3.63, 3.8) is 0 Å². The van der Waals surface area contributed by atoms with Crippen LogP contribution in [-0.4, -0.2) is 65.5 Å². The molecule has 0 saturated carbocycles. The molecule has 0 radical (unpaired) electrons. The molecule has 2 atom stereocenters. The van der Waals surface area contributed by atoms with Crippen LogP contribution in [0.5, 0.6) is 0 Å². The monoisotopic (exact) mass is 359 g/mol. The Morgan fingerprint density at radius 1 is 1.35 bits per heavy atom. The first kappa shape index (κ1) is 18.8. The second-order valence-electron chi connectivity index (χ2n) is 7.10. The molecular weight excluding hydrogens is 330 g/mol. The topological polar surface area (TPSA) is 62.7 Å². The van der Waals surface area contributed by atoms with Gasteiger partial charge < -0.3 is 14.5 Å². The van der Waals surface area contributed by atoms with Crippen LogP contribution in [0.1, 0.15) is 38.3 Å². The molecule has 0 unspecified atom stereocenters. The Morgan fingerprint density at radius 2 is 2.23 bits per heavy atom. The van der Waals surface area contributed by atoms with Crippen molar-refractivity contribution in [1.82, 2.24) is 14.8 Å². The highest BCUT2D eigenvalue weighted by atomic mass is 16.5. The predicted molar refractivity (Wildman–Crippen MR) is 98.5 cm³/mol. The molecular formula is C20H29N3O3. The lowest BCUT2D eigenvalue weighted by atomic mass is 9.83. The number of rotatable bonds is 7. The Labute approximate surface area is 155 Å². The van der Waals surface area contributed by atoms with Gasteiger partial charge >= 0.3 is 0 Å². The SMILES string of the molecule is CCOCCC(=O)N1CC[C@@H]2[C@@H](CCC(=O)N2CCc2ccccn2)C1. The van der Waals surface area contributed by atoms with Crippen molar-refractivity contribution in [1.29, 1.82) is 0 Å². The van der Waals surface area contributed by atoms with Crippen LogP contribution >= 0.6 is 0 Å². The number of carbonyl (C=O) groups is 2. The van der Waals surface area contributed by atoms with E-state index in [1.165, 1.54) is 0 Å². The van der Waals surface area contributed by atoms with Crippen molar-refractivity contribution < 1.29 is 14.3 Å². The zero-order valence-corrected chi connectivity index (χ0v) is 15.6. The number of likely N-dealkylation sites (tertiary alicyclic amines) is 2. The number of piperidine rings is 2. The van der Waals surface area contributed by atoms with Crippen molar-refractivity contribution in [3.05, 3.63) is 30.1 Å². The summed E-state index contributed by atoms with van der Waals surface area (Å²) in [7, 11) is 0. The molecule has 2 fully saturated rings. The molecule has 26 heavy (non-hydrogen) atoms. The molecule has 142 valence electrons. The van der Waals surface area contributed by atoms with Crippen LogP contribution in [0.25, 0.3) is 0 Å². The largest absolute Gasteiger partial charge is 0.381 e. The smallest absolute Gasteiger partial charge is 0.224 e. The first-order chi connectivity index (χ1) is 12.7. The maximum Gasteiger partial charge on any atom is 0.224 e. The van der Waals surface area contributed by atoms with E-state index in [9.17, 15) is 9.59 Å². The van der Waals surface area contributed by atoms with Crippen molar-refractivity contribution in [2.75, 3.05) is 32.8 Å². The van der Waals surface area contributed by atoms with E-state index in [1.807, 2.05) is 34.9 Å². The van der Waals surface area contributed by atoms with E-state index in [0.717, 1.165) is 44.6 Å². The molecule has 2 amide bonds. The summed E-state index contributed by atoms with van der Waals surface area (Å²) in [5.41, 5.74) is 1.02. The van der Waals surface area contributed by atoms with Crippen LogP contribution in [0, 0.1) is 5.92 Å². The number of nitrogens with zero attached hydrogens (tertiary/aromatic N) is 3. The number of carbonyl (C=O) groups excluding carboxylic acids is 2. The molecule has 6 heteroatoms. The summed E-state index contributed by atoms with van der Waals surface area (Å²) < 4.78 is 5.30. The Bertz CT molecular complexity index is 608. The highest BCUT2D eigenvalue weighted by Gasteiger charge is 2.39. The number of fused-ring (bicyclic) bond motifs is 1. The highest BCUT2D eigenvalue weighted by Crippen LogP contribution is 2.31. The molecule has 1 aromatic rings. The van der Waals surface area contributed by atoms with Gasteiger partial charge in [-0.2, -0.15) is 0 Å². The van der Waals surface area contributed by atoms with Crippen molar-refractivity contribution >= 4 is 11.8 Å². The number of hydrogen-bond donors (Lipinski definition) is 0. The fraction of sp³-hybridized carbons (Fsp3) is 0.650. The third-order valence-electron chi connectivity index (χ3n) is 5.50. The summed E-state index contributed by atoms with van der Waals surface area (Å²) in [5, 5.41) is 0. The second kappa shape index (κ2) is 9.12. The molecule has 2 aliphatic heterocycles. The summed E-state index contributed by atoms with van der Waals surface area (Å²) in [6, 6.07) is 6.15. The molecule has 0 N–H and O–H groups in total. The molecule has 2 saturated heterocycles. The van der Waals surface area contributed by atoms with Gasteiger partial charge in [0.1, 0.15) is 0 Å². The minimum Gasteiger partial charge on any atom is -0.381 e. The average molecular weight is 359 g/mol. The molecule has 3 heterocycles. The molecule has 0 spiro atoms. The lowest BCUT2D eigenvalue weighted by Crippen LogP contribution is -2.57. The summed E-state index contributed by atoms with van der Waals surface area (Å²) in [6.07, 6.45) is 5.38. The fourth-order valence-electron chi connectivity index (χ4n) is 4.11. The Hall–Kier alpha value is -1.95. The minimum absolute atomic E-state index is 0.175. The van der Waals surface area contributed by atoms with Crippen LogP contribution in [0.2, 0.25) is 0 Å². The van der Waals surface area contributed by atoms with Crippen LogP contribution in [0.4, 0.5) is 0 Å². The summed E-state index contributed by atoms with van der Waals surface area (Å²) >= 11 is 0. The number of ether oxygens (including phenoxy) is 1. The van der Waals surface area contributed by atoms with E-state index in [4.69, 9.17) is 4.74 Å². The van der Waals surface area contributed by atoms with E-state index in [2.05, 4.69) is 4.98 Å². The third kappa shape index (κ3) is 4.61. The standard InChI is InChI=1S/C20H29N3O3/c1-2-26-14-10-19(24)22-12-9-18-16(15-22)6-7-20(25)23(18)13-8-17-5-3-4-11-21-17/h3-5,11,16,18H,2,6-10,12-15H2,1H3/t16-,18+/m0/s1. The first-order valence-electron chi connectivity index (χ1n) is 9.74. The number of pyridine rings is 1. The fourth-order valence-corrected chi connectivity index (χ4v) is 4.11. The third-order valence-corrected chi connectivity index (χ3v) is 5.50. The summed E-state index contributed by atoms with van der Waals surface area (Å²) in [4.78, 5) is 33.2.